The Kier molecular flexibility index (Phi) is 4.91. The van der Waals surface area contributed by atoms with E-state index in [0.29, 0.717) is 6.04 Å². The fourth-order valence-electron chi connectivity index (χ4n) is 7.68. The van der Waals surface area contributed by atoms with Gasteiger partial charge >= 0.3 is 0 Å². The first-order valence-corrected chi connectivity index (χ1v) is 15.2. The average molecular weight is 550 g/mol. The van der Waals surface area contributed by atoms with Crippen LogP contribution >= 0.6 is 11.8 Å². The van der Waals surface area contributed by atoms with Crippen LogP contribution < -0.4 is 20.3 Å². The number of nitrogens with zero attached hydrogens (tertiary/aromatic N) is 6. The van der Waals surface area contributed by atoms with Crippen LogP contribution in [-0.4, -0.2) is 51.6 Å². The number of nitrogens with two attached hydrogens (primary N) is 1. The lowest BCUT2D eigenvalue weighted by Gasteiger charge is -2.42. The first-order chi connectivity index (χ1) is 19.7. The molecule has 2 unspecified atom stereocenters. The van der Waals surface area contributed by atoms with Crippen LogP contribution in [0.15, 0.2) is 64.6 Å². The van der Waals surface area contributed by atoms with Crippen molar-refractivity contribution in [3.05, 3.63) is 66.0 Å². The molecule has 9 rings (SSSR count). The molecular formula is C31H31N7OS. The maximum atomic E-state index is 6.84. The number of hydrogen-bond donors (Lipinski definition) is 1. The molecule has 2 fully saturated rings. The molecule has 7 heterocycles. The number of fused-ring (bicyclic) bond motifs is 4. The number of benzene rings is 1. The summed E-state index contributed by atoms with van der Waals surface area (Å²) in [6, 6.07) is 15.6. The second kappa shape index (κ2) is 8.47. The topological polar surface area (TPSA) is 84.8 Å². The zero-order valence-corrected chi connectivity index (χ0v) is 23.1. The second-order valence-corrected chi connectivity index (χ2v) is 12.9. The monoisotopic (exact) mass is 549 g/mol. The molecule has 4 aliphatic rings. The van der Waals surface area contributed by atoms with Crippen molar-refractivity contribution < 1.29 is 4.74 Å². The third kappa shape index (κ3) is 3.22. The highest BCUT2D eigenvalue weighted by molar-refractivity contribution is 7.99. The van der Waals surface area contributed by atoms with Crippen molar-refractivity contribution in [2.24, 2.45) is 11.1 Å². The SMILES string of the molecule is NC1c2ccccc2CC12CCN(c1nc3ccc(Sc4ccnc5c4OCC4CCCN54)c4ncc1n34)CC2. The lowest BCUT2D eigenvalue weighted by Crippen LogP contribution is -2.44. The molecule has 3 aliphatic heterocycles. The molecule has 2 atom stereocenters. The summed E-state index contributed by atoms with van der Waals surface area (Å²) in [6.45, 7) is 3.71. The molecule has 0 amide bonds. The number of rotatable bonds is 3. The number of hydrogen-bond acceptors (Lipinski definition) is 8. The van der Waals surface area contributed by atoms with Gasteiger partial charge in [0.25, 0.3) is 0 Å². The van der Waals surface area contributed by atoms with Crippen LogP contribution in [0.3, 0.4) is 0 Å². The van der Waals surface area contributed by atoms with Crippen molar-refractivity contribution in [1.82, 2.24) is 19.4 Å². The number of aromatic nitrogens is 4. The zero-order chi connectivity index (χ0) is 26.4. The van der Waals surface area contributed by atoms with Crippen molar-refractivity contribution in [3.63, 3.8) is 0 Å². The fraction of sp³-hybridized carbons (Fsp3) is 0.387. The van der Waals surface area contributed by atoms with E-state index in [-0.39, 0.29) is 11.5 Å². The Morgan fingerprint density at radius 1 is 0.975 bits per heavy atom. The van der Waals surface area contributed by atoms with E-state index >= 15 is 0 Å². The van der Waals surface area contributed by atoms with E-state index in [1.165, 1.54) is 24.0 Å². The average Bonchev–Trinajstić information content (AvgIpc) is 3.77. The van der Waals surface area contributed by atoms with Gasteiger partial charge in [0.2, 0.25) is 0 Å². The van der Waals surface area contributed by atoms with Gasteiger partial charge in [0.15, 0.2) is 23.0 Å². The minimum Gasteiger partial charge on any atom is -0.486 e. The van der Waals surface area contributed by atoms with E-state index in [1.807, 2.05) is 12.4 Å². The van der Waals surface area contributed by atoms with E-state index in [0.717, 1.165) is 89.5 Å². The molecule has 2 N–H and O–H groups in total. The Hall–Kier alpha value is -3.56. The van der Waals surface area contributed by atoms with Crippen molar-refractivity contribution in [2.75, 3.05) is 36.0 Å². The molecule has 9 heteroatoms. The molecule has 4 aromatic heterocycles. The quantitative estimate of drug-likeness (QED) is 0.334. The van der Waals surface area contributed by atoms with Crippen LogP contribution in [0.4, 0.5) is 11.6 Å². The molecule has 1 spiro atoms. The van der Waals surface area contributed by atoms with Crippen LogP contribution in [0, 0.1) is 5.41 Å². The highest BCUT2D eigenvalue weighted by atomic mass is 32.2. The van der Waals surface area contributed by atoms with Gasteiger partial charge < -0.3 is 20.3 Å². The van der Waals surface area contributed by atoms with Crippen molar-refractivity contribution in [3.8, 4) is 5.75 Å². The zero-order valence-electron chi connectivity index (χ0n) is 22.3. The first kappa shape index (κ1) is 23.2. The summed E-state index contributed by atoms with van der Waals surface area (Å²) in [4.78, 5) is 21.7. The summed E-state index contributed by atoms with van der Waals surface area (Å²) >= 11 is 1.71. The predicted molar refractivity (Wildman–Crippen MR) is 157 cm³/mol. The van der Waals surface area contributed by atoms with E-state index in [1.54, 1.807) is 11.8 Å². The van der Waals surface area contributed by atoms with E-state index in [4.69, 9.17) is 25.4 Å². The highest BCUT2D eigenvalue weighted by Gasteiger charge is 2.46. The van der Waals surface area contributed by atoms with Crippen LogP contribution in [0.25, 0.3) is 16.8 Å². The maximum absolute atomic E-state index is 6.84. The molecule has 0 bridgehead atoms. The van der Waals surface area contributed by atoms with Crippen molar-refractivity contribution in [1.29, 1.82) is 0 Å². The summed E-state index contributed by atoms with van der Waals surface area (Å²) in [5, 5.41) is 0. The second-order valence-electron chi connectivity index (χ2n) is 11.9. The molecule has 1 aromatic carbocycles. The van der Waals surface area contributed by atoms with Gasteiger partial charge in [-0.25, -0.2) is 15.0 Å². The van der Waals surface area contributed by atoms with Crippen molar-refractivity contribution in [2.45, 2.75) is 54.0 Å². The van der Waals surface area contributed by atoms with E-state index < -0.39 is 0 Å². The van der Waals surface area contributed by atoms with Gasteiger partial charge in [0.1, 0.15) is 17.8 Å². The maximum Gasteiger partial charge on any atom is 0.175 e. The fourth-order valence-corrected chi connectivity index (χ4v) is 8.66. The van der Waals surface area contributed by atoms with Gasteiger partial charge in [-0.3, -0.25) is 4.40 Å². The molecule has 1 aliphatic carbocycles. The Morgan fingerprint density at radius 3 is 2.77 bits per heavy atom. The highest BCUT2D eigenvalue weighted by Crippen LogP contribution is 2.51. The Balaban J connectivity index is 1.01. The standard InChI is InChI=1S/C31H31N7OS/c32-27-21-6-2-1-4-19(21)16-31(27)10-14-36(15-11-31)28-22-17-34-29-24(7-8-25(35-28)38(22)29)40-23-9-12-33-30-26(23)39-18-20-5-3-13-37(20)30/h1-2,4,6-9,12,17,20,27H,3,5,10-11,13-16,18,32H2. The van der Waals surface area contributed by atoms with Crippen molar-refractivity contribution >= 4 is 40.2 Å². The first-order valence-electron chi connectivity index (χ1n) is 14.4. The summed E-state index contributed by atoms with van der Waals surface area (Å²) in [5.41, 5.74) is 12.7. The summed E-state index contributed by atoms with van der Waals surface area (Å²) in [5.74, 6) is 2.92. The summed E-state index contributed by atoms with van der Waals surface area (Å²) in [6.07, 6.45) is 9.51. The lowest BCUT2D eigenvalue weighted by atomic mass is 9.73. The summed E-state index contributed by atoms with van der Waals surface area (Å²) < 4.78 is 8.48. The van der Waals surface area contributed by atoms with Gasteiger partial charge in [-0.1, -0.05) is 36.0 Å². The summed E-state index contributed by atoms with van der Waals surface area (Å²) in [7, 11) is 0. The molecule has 0 radical (unpaired) electrons. The molecular weight excluding hydrogens is 518 g/mol. The van der Waals surface area contributed by atoms with Gasteiger partial charge in [0.05, 0.1) is 22.0 Å². The number of anilines is 2. The van der Waals surface area contributed by atoms with Crippen LogP contribution in [0.5, 0.6) is 5.75 Å². The number of pyridine rings is 2. The van der Waals surface area contributed by atoms with E-state index in [9.17, 15) is 0 Å². The molecule has 40 heavy (non-hydrogen) atoms. The third-order valence-electron chi connectivity index (χ3n) is 9.83. The number of ether oxygens (including phenoxy) is 1. The Bertz CT molecular complexity index is 1760. The van der Waals surface area contributed by atoms with Gasteiger partial charge in [-0.05, 0) is 66.8 Å². The van der Waals surface area contributed by atoms with Gasteiger partial charge in [-0.15, -0.1) is 0 Å². The Labute approximate surface area is 236 Å². The third-order valence-corrected chi connectivity index (χ3v) is 10.9. The van der Waals surface area contributed by atoms with Gasteiger partial charge in [0, 0.05) is 31.9 Å². The van der Waals surface area contributed by atoms with Crippen LogP contribution in [-0.2, 0) is 6.42 Å². The normalized spacial score (nSPS) is 23.1. The minimum atomic E-state index is 0.120. The largest absolute Gasteiger partial charge is 0.486 e. The van der Waals surface area contributed by atoms with Crippen LogP contribution in [0.2, 0.25) is 0 Å². The molecule has 8 nitrogen and oxygen atoms in total. The molecule has 5 aromatic rings. The van der Waals surface area contributed by atoms with E-state index in [2.05, 4.69) is 56.7 Å². The van der Waals surface area contributed by atoms with Gasteiger partial charge in [-0.2, -0.15) is 0 Å². The smallest absolute Gasteiger partial charge is 0.175 e. The number of imidazole rings is 2. The van der Waals surface area contributed by atoms with Crippen LogP contribution in [0.1, 0.15) is 42.9 Å². The molecule has 202 valence electrons. The predicted octanol–water partition coefficient (Wildman–Crippen LogP) is 5.07. The Morgan fingerprint density at radius 2 is 1.88 bits per heavy atom. The molecule has 0 saturated carbocycles. The lowest BCUT2D eigenvalue weighted by molar-refractivity contribution is 0.187. The number of piperidine rings is 1. The molecule has 2 saturated heterocycles. The minimum absolute atomic E-state index is 0.120.